The number of fused-ring (bicyclic) bond motifs is 6. The average Bonchev–Trinajstić information content (AvgIpc) is 3.86. The van der Waals surface area contributed by atoms with Crippen molar-refractivity contribution in [2.75, 3.05) is 72.6 Å². The van der Waals surface area contributed by atoms with Crippen LogP contribution in [-0.2, 0) is 9.59 Å². The number of carbonyl (C=O) groups excluding carboxylic acids is 4. The molecule has 2 atom stereocenters. The van der Waals surface area contributed by atoms with Crippen molar-refractivity contribution in [1.29, 1.82) is 0 Å². The van der Waals surface area contributed by atoms with Crippen molar-refractivity contribution in [3.8, 4) is 0 Å². The molecule has 0 bridgehead atoms. The van der Waals surface area contributed by atoms with E-state index in [9.17, 15) is 19.2 Å². The van der Waals surface area contributed by atoms with E-state index in [0.29, 0.717) is 46.2 Å². The minimum Gasteiger partial charge on any atom is -0.368 e. The van der Waals surface area contributed by atoms with E-state index < -0.39 is 12.1 Å². The van der Waals surface area contributed by atoms with Crippen molar-refractivity contribution in [1.82, 2.24) is 40.5 Å². The van der Waals surface area contributed by atoms with Gasteiger partial charge in [-0.25, -0.2) is 19.9 Å². The number of thioether (sulfide) groups is 1. The summed E-state index contributed by atoms with van der Waals surface area (Å²) in [6.45, 7) is 5.47. The fraction of sp³-hybridized carbons (Fsp3) is 0.564. The van der Waals surface area contributed by atoms with E-state index in [1.165, 1.54) is 11.8 Å². The molecule has 3 saturated heterocycles. The minimum absolute atomic E-state index is 0.0311. The third-order valence-corrected chi connectivity index (χ3v) is 13.2. The molecule has 2 amide bonds. The zero-order chi connectivity index (χ0) is 38.6. The molecule has 3 N–H and O–H groups in total. The third-order valence-electron chi connectivity index (χ3n) is 12.7. The standard InChI is InChI=1S/C24H30N8O2.C15H18N4O2S/c1-30-8-10-31(11-9-30)16-4-5-20(25-13-16)27-23-26-14-17-19(33)12-18-22(34)29-24(6-2-3-7-24)15-32(18)21(17)28-23;1-22-14-16-7-9-11(20)6-10-13(21)18-15(4-2-3-5-15)8-19(10)12(9)17-14/h4-5,13-14,18H,2-3,6-12,15H2,1H3,(H,29,34)(H,25,26,27,28);7,10H,2-6,8H2,1H3,(H,18,21). The molecule has 5 fully saturated rings. The summed E-state index contributed by atoms with van der Waals surface area (Å²) in [6, 6.07) is 3.05. The van der Waals surface area contributed by atoms with E-state index in [0.717, 1.165) is 89.8 Å². The number of pyridine rings is 1. The predicted molar refractivity (Wildman–Crippen MR) is 212 cm³/mol. The van der Waals surface area contributed by atoms with Gasteiger partial charge < -0.3 is 35.6 Å². The van der Waals surface area contributed by atoms with Crippen molar-refractivity contribution in [2.45, 2.75) is 92.5 Å². The maximum Gasteiger partial charge on any atom is 0.243 e. The van der Waals surface area contributed by atoms with Gasteiger partial charge in [0.25, 0.3) is 0 Å². The molecule has 16 nitrogen and oxygen atoms in total. The summed E-state index contributed by atoms with van der Waals surface area (Å²) in [5.41, 5.74) is 1.78. The van der Waals surface area contributed by atoms with Gasteiger partial charge in [-0.05, 0) is 51.1 Å². The van der Waals surface area contributed by atoms with Gasteiger partial charge in [-0.1, -0.05) is 37.4 Å². The minimum atomic E-state index is -0.505. The van der Waals surface area contributed by atoms with E-state index in [-0.39, 0.29) is 47.3 Å². The number of ketones is 2. The summed E-state index contributed by atoms with van der Waals surface area (Å²) >= 11 is 1.45. The Morgan fingerprint density at radius 3 is 1.80 bits per heavy atom. The van der Waals surface area contributed by atoms with Crippen molar-refractivity contribution in [3.05, 3.63) is 41.9 Å². The second kappa shape index (κ2) is 14.6. The lowest BCUT2D eigenvalue weighted by Gasteiger charge is -2.47. The summed E-state index contributed by atoms with van der Waals surface area (Å²) in [7, 11) is 2.14. The van der Waals surface area contributed by atoms with Gasteiger partial charge >= 0.3 is 0 Å². The van der Waals surface area contributed by atoms with Crippen LogP contribution >= 0.6 is 11.8 Å². The first-order valence-electron chi connectivity index (χ1n) is 19.8. The number of likely N-dealkylation sites (N-methyl/N-ethyl adjacent to an activating group) is 1. The zero-order valence-corrected chi connectivity index (χ0v) is 32.7. The molecule has 7 aliphatic rings. The highest BCUT2D eigenvalue weighted by Gasteiger charge is 2.50. The molecular weight excluding hydrogens is 733 g/mol. The lowest BCUT2D eigenvalue weighted by Crippen LogP contribution is -2.68. The number of rotatable bonds is 4. The van der Waals surface area contributed by atoms with Crippen LogP contribution in [0.25, 0.3) is 0 Å². The zero-order valence-electron chi connectivity index (χ0n) is 31.9. The Labute approximate surface area is 330 Å². The van der Waals surface area contributed by atoms with Crippen LogP contribution in [-0.4, -0.2) is 129 Å². The molecule has 3 aromatic heterocycles. The molecule has 2 aliphatic carbocycles. The lowest BCUT2D eigenvalue weighted by atomic mass is 9.87. The normalized spacial score (nSPS) is 24.8. The fourth-order valence-corrected chi connectivity index (χ4v) is 9.90. The first-order valence-corrected chi connectivity index (χ1v) is 21.0. The Morgan fingerprint density at radius 1 is 0.714 bits per heavy atom. The third kappa shape index (κ3) is 6.82. The van der Waals surface area contributed by atoms with E-state index in [4.69, 9.17) is 4.98 Å². The number of Topliss-reactive ketones (excluding diaryl/α,β-unsaturated/α-hetero) is 2. The summed E-state index contributed by atoms with van der Waals surface area (Å²) in [5.74, 6) is 1.98. The van der Waals surface area contributed by atoms with Crippen LogP contribution in [0, 0.1) is 0 Å². The maximum absolute atomic E-state index is 12.9. The highest BCUT2D eigenvalue weighted by molar-refractivity contribution is 7.98. The Balaban J connectivity index is 0.000000161. The van der Waals surface area contributed by atoms with E-state index in [1.807, 2.05) is 28.3 Å². The molecule has 56 heavy (non-hydrogen) atoms. The Morgan fingerprint density at radius 2 is 1.27 bits per heavy atom. The number of nitrogens with zero attached hydrogens (tertiary/aromatic N) is 9. The molecule has 2 spiro atoms. The molecular formula is C39H48N12O4S. The maximum atomic E-state index is 12.9. The van der Waals surface area contributed by atoms with E-state index in [1.54, 1.807) is 12.4 Å². The molecule has 294 valence electrons. The summed E-state index contributed by atoms with van der Waals surface area (Å²) in [6.07, 6.45) is 15.8. The van der Waals surface area contributed by atoms with Crippen LogP contribution in [0.15, 0.2) is 35.9 Å². The Hall–Kier alpha value is -4.90. The van der Waals surface area contributed by atoms with Crippen LogP contribution in [0.4, 0.5) is 29.1 Å². The van der Waals surface area contributed by atoms with Crippen molar-refractivity contribution in [3.63, 3.8) is 0 Å². The van der Waals surface area contributed by atoms with Gasteiger partial charge in [0, 0.05) is 64.5 Å². The second-order valence-corrected chi connectivity index (χ2v) is 17.1. The molecule has 5 aliphatic heterocycles. The number of anilines is 5. The molecule has 8 heterocycles. The molecule has 0 radical (unpaired) electrons. The van der Waals surface area contributed by atoms with Gasteiger partial charge in [-0.3, -0.25) is 19.2 Å². The first-order chi connectivity index (χ1) is 27.1. The SMILES string of the molecule is CN1CCN(c2ccc(Nc3ncc4c(n3)N3CC5(CCCC5)NC(=O)C3CC4=O)nc2)CC1.CSc1ncc2c(n1)N1CC3(CCCC3)NC(=O)C1CC2=O. The van der Waals surface area contributed by atoms with Crippen LogP contribution < -0.4 is 30.7 Å². The molecule has 3 aromatic rings. The molecule has 17 heteroatoms. The number of amides is 2. The van der Waals surface area contributed by atoms with Crippen LogP contribution in [0.3, 0.4) is 0 Å². The van der Waals surface area contributed by atoms with E-state index >= 15 is 0 Å². The smallest absolute Gasteiger partial charge is 0.243 e. The Kier molecular flexibility index (Phi) is 9.54. The van der Waals surface area contributed by atoms with Gasteiger partial charge in [0.2, 0.25) is 17.8 Å². The molecule has 2 unspecified atom stereocenters. The molecule has 10 rings (SSSR count). The summed E-state index contributed by atoms with van der Waals surface area (Å²) in [4.78, 5) is 81.6. The summed E-state index contributed by atoms with van der Waals surface area (Å²) < 4.78 is 0. The quantitative estimate of drug-likeness (QED) is 0.260. The number of piperazine rings is 3. The topological polar surface area (TPSA) is 182 Å². The number of carbonyl (C=O) groups is 4. The van der Waals surface area contributed by atoms with Crippen molar-refractivity contribution in [2.24, 2.45) is 0 Å². The van der Waals surface area contributed by atoms with Gasteiger partial charge in [0.1, 0.15) is 29.5 Å². The number of nitrogens with one attached hydrogen (secondary N) is 3. The van der Waals surface area contributed by atoms with Gasteiger partial charge in [0.05, 0.1) is 34.1 Å². The number of hydrogen-bond acceptors (Lipinski definition) is 15. The largest absolute Gasteiger partial charge is 0.368 e. The average molecular weight is 781 g/mol. The van der Waals surface area contributed by atoms with Crippen LogP contribution in [0.1, 0.15) is 84.9 Å². The number of aromatic nitrogens is 5. The lowest BCUT2D eigenvalue weighted by molar-refractivity contribution is -0.126. The van der Waals surface area contributed by atoms with Gasteiger partial charge in [-0.15, -0.1) is 0 Å². The fourth-order valence-electron chi connectivity index (χ4n) is 9.56. The molecule has 0 aromatic carbocycles. The van der Waals surface area contributed by atoms with Crippen LogP contribution in [0.5, 0.6) is 0 Å². The van der Waals surface area contributed by atoms with E-state index in [2.05, 4.69) is 58.8 Å². The summed E-state index contributed by atoms with van der Waals surface area (Å²) in [5, 5.41) is 10.2. The van der Waals surface area contributed by atoms with Gasteiger partial charge in [-0.2, -0.15) is 4.98 Å². The Bertz CT molecular complexity index is 2050. The molecule has 2 saturated carbocycles. The van der Waals surface area contributed by atoms with Crippen molar-refractivity contribution >= 4 is 64.2 Å². The number of hydrogen-bond donors (Lipinski definition) is 3. The first kappa shape index (κ1) is 36.7. The second-order valence-electron chi connectivity index (χ2n) is 16.3. The highest BCUT2D eigenvalue weighted by atomic mass is 32.2. The highest BCUT2D eigenvalue weighted by Crippen LogP contribution is 2.41. The van der Waals surface area contributed by atoms with Gasteiger partial charge in [0.15, 0.2) is 16.7 Å². The van der Waals surface area contributed by atoms with Crippen molar-refractivity contribution < 1.29 is 19.2 Å². The predicted octanol–water partition coefficient (Wildman–Crippen LogP) is 2.97. The monoisotopic (exact) mass is 780 g/mol. The van der Waals surface area contributed by atoms with Crippen LogP contribution in [0.2, 0.25) is 0 Å².